The molecule has 1 aromatic carbocycles. The maximum atomic E-state index is 5.27. The summed E-state index contributed by atoms with van der Waals surface area (Å²) < 4.78 is 5.27. The van der Waals surface area contributed by atoms with Gasteiger partial charge in [-0.15, -0.1) is 0 Å². The summed E-state index contributed by atoms with van der Waals surface area (Å²) in [6.07, 6.45) is 7.29. The molecule has 3 heteroatoms. The van der Waals surface area contributed by atoms with Gasteiger partial charge in [-0.3, -0.25) is 0 Å². The molecule has 0 atom stereocenters. The van der Waals surface area contributed by atoms with Crippen molar-refractivity contribution in [2.45, 2.75) is 32.6 Å². The second-order valence-corrected chi connectivity index (χ2v) is 6.35. The molecule has 1 fully saturated rings. The molecule has 1 aliphatic rings. The maximum Gasteiger partial charge on any atom is 0.120 e. The highest BCUT2D eigenvalue weighted by Gasteiger charge is 2.15. The standard InChI is InChI=1S/C18H26N2O/c1-14-7-10-20(11-8-14)9-3-4-15-13-19-18-12-16(21-2)5-6-17(15)18/h5-6,12-14,19H,3-4,7-11H2,1-2H3. The topological polar surface area (TPSA) is 28.3 Å². The van der Waals surface area contributed by atoms with E-state index >= 15 is 0 Å². The first-order valence-electron chi connectivity index (χ1n) is 8.12. The van der Waals surface area contributed by atoms with Crippen molar-refractivity contribution in [3.8, 4) is 5.75 Å². The Morgan fingerprint density at radius 1 is 1.29 bits per heavy atom. The van der Waals surface area contributed by atoms with E-state index in [0.717, 1.165) is 18.1 Å². The van der Waals surface area contributed by atoms with Crippen molar-refractivity contribution in [2.24, 2.45) is 5.92 Å². The first-order chi connectivity index (χ1) is 10.3. The Hall–Kier alpha value is -1.48. The first kappa shape index (κ1) is 14.5. The lowest BCUT2D eigenvalue weighted by molar-refractivity contribution is 0.191. The van der Waals surface area contributed by atoms with Crippen molar-refractivity contribution in [1.82, 2.24) is 9.88 Å². The van der Waals surface area contributed by atoms with Gasteiger partial charge in [0.2, 0.25) is 0 Å². The van der Waals surface area contributed by atoms with Crippen LogP contribution in [0.5, 0.6) is 5.75 Å². The lowest BCUT2D eigenvalue weighted by atomic mass is 9.99. The zero-order valence-corrected chi connectivity index (χ0v) is 13.2. The van der Waals surface area contributed by atoms with Gasteiger partial charge < -0.3 is 14.6 Å². The molecule has 2 aromatic rings. The van der Waals surface area contributed by atoms with Crippen molar-refractivity contribution in [1.29, 1.82) is 0 Å². The third kappa shape index (κ3) is 3.41. The van der Waals surface area contributed by atoms with Crippen LogP contribution in [-0.4, -0.2) is 36.6 Å². The molecule has 0 aliphatic carbocycles. The number of hydrogen-bond donors (Lipinski definition) is 1. The molecule has 1 N–H and O–H groups in total. The number of benzene rings is 1. The second-order valence-electron chi connectivity index (χ2n) is 6.35. The number of aryl methyl sites for hydroxylation is 1. The molecule has 21 heavy (non-hydrogen) atoms. The molecule has 0 radical (unpaired) electrons. The lowest BCUT2D eigenvalue weighted by Crippen LogP contribution is -2.33. The summed E-state index contributed by atoms with van der Waals surface area (Å²) in [4.78, 5) is 5.99. The van der Waals surface area contributed by atoms with Crippen LogP contribution in [0.4, 0.5) is 0 Å². The number of fused-ring (bicyclic) bond motifs is 1. The van der Waals surface area contributed by atoms with Crippen LogP contribution in [-0.2, 0) is 6.42 Å². The molecule has 0 spiro atoms. The number of aromatic nitrogens is 1. The van der Waals surface area contributed by atoms with E-state index in [2.05, 4.69) is 35.1 Å². The van der Waals surface area contributed by atoms with E-state index in [1.54, 1.807) is 7.11 Å². The van der Waals surface area contributed by atoms with Gasteiger partial charge in [0, 0.05) is 23.2 Å². The van der Waals surface area contributed by atoms with Crippen LogP contribution in [0.1, 0.15) is 31.7 Å². The summed E-state index contributed by atoms with van der Waals surface area (Å²) in [6.45, 7) is 6.17. The summed E-state index contributed by atoms with van der Waals surface area (Å²) in [7, 11) is 1.71. The molecule has 0 unspecified atom stereocenters. The minimum absolute atomic E-state index is 0.915. The average molecular weight is 286 g/mol. The van der Waals surface area contributed by atoms with Gasteiger partial charge in [0.1, 0.15) is 5.75 Å². The summed E-state index contributed by atoms with van der Waals surface area (Å²) in [5.74, 6) is 1.84. The fraction of sp³-hybridized carbons (Fsp3) is 0.556. The molecule has 1 aromatic heterocycles. The summed E-state index contributed by atoms with van der Waals surface area (Å²) >= 11 is 0. The Bertz CT molecular complexity index is 582. The van der Waals surface area contributed by atoms with Crippen molar-refractivity contribution in [3.05, 3.63) is 30.0 Å². The molecule has 0 saturated carbocycles. The van der Waals surface area contributed by atoms with Gasteiger partial charge in [0.15, 0.2) is 0 Å². The Morgan fingerprint density at radius 3 is 2.86 bits per heavy atom. The minimum atomic E-state index is 0.915. The number of rotatable bonds is 5. The Kier molecular flexibility index (Phi) is 4.49. The molecule has 1 saturated heterocycles. The van der Waals surface area contributed by atoms with E-state index in [9.17, 15) is 0 Å². The van der Waals surface area contributed by atoms with Crippen LogP contribution < -0.4 is 4.74 Å². The molecule has 114 valence electrons. The smallest absolute Gasteiger partial charge is 0.120 e. The Balaban J connectivity index is 1.56. The molecule has 0 amide bonds. The van der Waals surface area contributed by atoms with Crippen LogP contribution in [0.2, 0.25) is 0 Å². The van der Waals surface area contributed by atoms with Crippen LogP contribution in [0.15, 0.2) is 24.4 Å². The van der Waals surface area contributed by atoms with E-state index in [-0.39, 0.29) is 0 Å². The van der Waals surface area contributed by atoms with Crippen LogP contribution in [0.25, 0.3) is 10.9 Å². The largest absolute Gasteiger partial charge is 0.497 e. The third-order valence-electron chi connectivity index (χ3n) is 4.77. The van der Waals surface area contributed by atoms with Crippen LogP contribution >= 0.6 is 0 Å². The van der Waals surface area contributed by atoms with E-state index in [4.69, 9.17) is 4.74 Å². The molecule has 1 aliphatic heterocycles. The van der Waals surface area contributed by atoms with Gasteiger partial charge in [-0.2, -0.15) is 0 Å². The number of piperidine rings is 1. The van der Waals surface area contributed by atoms with E-state index in [1.165, 1.54) is 55.4 Å². The molecular formula is C18H26N2O. The molecule has 0 bridgehead atoms. The Morgan fingerprint density at radius 2 is 2.10 bits per heavy atom. The zero-order chi connectivity index (χ0) is 14.7. The highest BCUT2D eigenvalue weighted by molar-refractivity contribution is 5.84. The highest BCUT2D eigenvalue weighted by Crippen LogP contribution is 2.24. The number of nitrogens with one attached hydrogen (secondary N) is 1. The minimum Gasteiger partial charge on any atom is -0.497 e. The van der Waals surface area contributed by atoms with E-state index in [0.29, 0.717) is 0 Å². The van der Waals surface area contributed by atoms with Gasteiger partial charge in [0.25, 0.3) is 0 Å². The third-order valence-corrected chi connectivity index (χ3v) is 4.77. The molecule has 3 rings (SSSR count). The fourth-order valence-corrected chi connectivity index (χ4v) is 3.28. The van der Waals surface area contributed by atoms with Gasteiger partial charge in [-0.25, -0.2) is 0 Å². The van der Waals surface area contributed by atoms with E-state index in [1.807, 2.05) is 6.07 Å². The van der Waals surface area contributed by atoms with Crippen LogP contribution in [0.3, 0.4) is 0 Å². The molecular weight excluding hydrogens is 260 g/mol. The van der Waals surface area contributed by atoms with Gasteiger partial charge in [0.05, 0.1) is 7.11 Å². The number of methoxy groups -OCH3 is 1. The van der Waals surface area contributed by atoms with Crippen molar-refractivity contribution >= 4 is 10.9 Å². The number of ether oxygens (including phenoxy) is 1. The second kappa shape index (κ2) is 6.52. The van der Waals surface area contributed by atoms with Crippen molar-refractivity contribution < 1.29 is 4.74 Å². The monoisotopic (exact) mass is 286 g/mol. The summed E-state index contributed by atoms with van der Waals surface area (Å²) in [6, 6.07) is 6.29. The maximum absolute atomic E-state index is 5.27. The average Bonchev–Trinajstić information content (AvgIpc) is 2.91. The number of aromatic amines is 1. The number of H-pyrrole nitrogens is 1. The Labute approximate surface area is 127 Å². The number of hydrogen-bond acceptors (Lipinski definition) is 2. The van der Waals surface area contributed by atoms with Gasteiger partial charge in [-0.05, 0) is 68.9 Å². The predicted molar refractivity (Wildman–Crippen MR) is 88.0 cm³/mol. The first-order valence-corrected chi connectivity index (χ1v) is 8.12. The lowest BCUT2D eigenvalue weighted by Gasteiger charge is -2.30. The number of likely N-dealkylation sites (tertiary alicyclic amines) is 1. The number of nitrogens with zero attached hydrogens (tertiary/aromatic N) is 1. The van der Waals surface area contributed by atoms with Gasteiger partial charge >= 0.3 is 0 Å². The zero-order valence-electron chi connectivity index (χ0n) is 13.2. The fourth-order valence-electron chi connectivity index (χ4n) is 3.28. The predicted octanol–water partition coefficient (Wildman–Crippen LogP) is 3.84. The summed E-state index contributed by atoms with van der Waals surface area (Å²) in [5.41, 5.74) is 2.61. The SMILES string of the molecule is COc1ccc2c(CCCN3CCC(C)CC3)c[nH]c2c1. The van der Waals surface area contributed by atoms with E-state index < -0.39 is 0 Å². The normalized spacial score (nSPS) is 17.4. The summed E-state index contributed by atoms with van der Waals surface area (Å²) in [5, 5.41) is 1.34. The molecule has 3 nitrogen and oxygen atoms in total. The van der Waals surface area contributed by atoms with Crippen LogP contribution in [0, 0.1) is 5.92 Å². The molecule has 2 heterocycles. The van der Waals surface area contributed by atoms with Gasteiger partial charge in [-0.1, -0.05) is 6.92 Å². The quantitative estimate of drug-likeness (QED) is 0.904. The van der Waals surface area contributed by atoms with Crippen molar-refractivity contribution in [2.75, 3.05) is 26.7 Å². The highest BCUT2D eigenvalue weighted by atomic mass is 16.5. The van der Waals surface area contributed by atoms with Crippen molar-refractivity contribution in [3.63, 3.8) is 0 Å².